The quantitative estimate of drug-likeness (QED) is 0.311. The Balaban J connectivity index is 1.71. The number of hydrogen-bond donors (Lipinski definition) is 2. The van der Waals surface area contributed by atoms with Crippen molar-refractivity contribution in [2.24, 2.45) is 10.8 Å². The van der Waals surface area contributed by atoms with Crippen molar-refractivity contribution in [3.8, 4) is 11.5 Å². The summed E-state index contributed by atoms with van der Waals surface area (Å²) in [6.07, 6.45) is 1.62. The van der Waals surface area contributed by atoms with Gasteiger partial charge >= 0.3 is 12.2 Å². The summed E-state index contributed by atoms with van der Waals surface area (Å²) < 4.78 is 12.0. The highest BCUT2D eigenvalue weighted by Gasteiger charge is 2.42. The molecular formula is C36H54N2O4. The number of ether oxygens (including phenoxy) is 2. The summed E-state index contributed by atoms with van der Waals surface area (Å²) in [5, 5.41) is 6.23. The van der Waals surface area contributed by atoms with Crippen molar-refractivity contribution < 1.29 is 19.1 Å². The minimum absolute atomic E-state index is 0.0233. The van der Waals surface area contributed by atoms with Crippen molar-refractivity contribution in [1.29, 1.82) is 0 Å². The molecule has 2 amide bonds. The molecule has 0 saturated heterocycles. The third-order valence-corrected chi connectivity index (χ3v) is 8.45. The predicted molar refractivity (Wildman–Crippen MR) is 172 cm³/mol. The summed E-state index contributed by atoms with van der Waals surface area (Å²) in [5.41, 5.74) is 3.88. The molecule has 0 spiro atoms. The second kappa shape index (κ2) is 13.5. The van der Waals surface area contributed by atoms with Crippen LogP contribution in [0, 0.1) is 10.8 Å². The fourth-order valence-corrected chi connectivity index (χ4v) is 6.77. The molecular weight excluding hydrogens is 524 g/mol. The van der Waals surface area contributed by atoms with Gasteiger partial charge in [0.1, 0.15) is 11.5 Å². The van der Waals surface area contributed by atoms with Crippen LogP contribution >= 0.6 is 0 Å². The molecule has 0 heterocycles. The Hall–Kier alpha value is -3.02. The maximum absolute atomic E-state index is 13.3. The maximum atomic E-state index is 13.3. The largest absolute Gasteiger partial charge is 0.412 e. The molecule has 0 aromatic heterocycles. The van der Waals surface area contributed by atoms with Gasteiger partial charge in [0.15, 0.2) is 0 Å². The van der Waals surface area contributed by atoms with Crippen molar-refractivity contribution in [3.63, 3.8) is 0 Å². The highest BCUT2D eigenvalue weighted by Crippen LogP contribution is 2.46. The highest BCUT2D eigenvalue weighted by atomic mass is 16.6. The molecule has 6 nitrogen and oxygen atoms in total. The Labute approximate surface area is 254 Å². The van der Waals surface area contributed by atoms with Crippen molar-refractivity contribution >= 4 is 12.2 Å². The number of carbonyl (C=O) groups excluding carboxylic acids is 2. The molecule has 232 valence electrons. The molecule has 2 aromatic carbocycles. The number of hydrogen-bond acceptors (Lipinski definition) is 4. The third-order valence-electron chi connectivity index (χ3n) is 8.45. The topological polar surface area (TPSA) is 76.7 Å². The van der Waals surface area contributed by atoms with E-state index in [9.17, 15) is 9.59 Å². The minimum Gasteiger partial charge on any atom is -0.410 e. The van der Waals surface area contributed by atoms with Crippen molar-refractivity contribution in [3.05, 3.63) is 58.7 Å². The number of rotatable bonds is 9. The number of amides is 2. The first kappa shape index (κ1) is 33.5. The molecule has 2 aromatic rings. The van der Waals surface area contributed by atoms with Gasteiger partial charge < -0.3 is 20.1 Å². The number of para-hydroxylation sites is 2. The van der Waals surface area contributed by atoms with Gasteiger partial charge in [0, 0.05) is 12.6 Å². The van der Waals surface area contributed by atoms with E-state index in [4.69, 9.17) is 9.47 Å². The fraction of sp³-hybridized carbons (Fsp3) is 0.611. The Morgan fingerprint density at radius 3 is 1.52 bits per heavy atom. The van der Waals surface area contributed by atoms with Crippen LogP contribution in [0.4, 0.5) is 9.59 Å². The van der Waals surface area contributed by atoms with Gasteiger partial charge in [-0.1, -0.05) is 113 Å². The van der Waals surface area contributed by atoms with E-state index in [2.05, 4.69) is 86.8 Å². The summed E-state index contributed by atoms with van der Waals surface area (Å²) in [6, 6.07) is 12.1. The molecule has 6 heteroatoms. The molecule has 2 N–H and O–H groups in total. The molecule has 0 radical (unpaired) electrons. The van der Waals surface area contributed by atoms with Crippen LogP contribution in [0.3, 0.4) is 0 Å². The van der Waals surface area contributed by atoms with Crippen LogP contribution in [-0.2, 0) is 0 Å². The van der Waals surface area contributed by atoms with E-state index in [-0.39, 0.29) is 40.5 Å². The van der Waals surface area contributed by atoms with Crippen LogP contribution < -0.4 is 20.1 Å². The van der Waals surface area contributed by atoms with Crippen molar-refractivity contribution in [2.75, 3.05) is 6.54 Å². The van der Waals surface area contributed by atoms with Gasteiger partial charge in [-0.3, -0.25) is 0 Å². The van der Waals surface area contributed by atoms with Crippen LogP contribution in [0.2, 0.25) is 0 Å². The maximum Gasteiger partial charge on any atom is 0.412 e. The van der Waals surface area contributed by atoms with Crippen LogP contribution in [0.1, 0.15) is 141 Å². The zero-order chi connectivity index (χ0) is 31.4. The van der Waals surface area contributed by atoms with E-state index in [1.165, 1.54) is 0 Å². The Bertz CT molecular complexity index is 1190. The second-order valence-corrected chi connectivity index (χ2v) is 14.7. The molecule has 1 aliphatic rings. The predicted octanol–water partition coefficient (Wildman–Crippen LogP) is 9.64. The van der Waals surface area contributed by atoms with Gasteiger partial charge in [0.05, 0.1) is 0 Å². The van der Waals surface area contributed by atoms with Gasteiger partial charge in [-0.05, 0) is 76.0 Å². The van der Waals surface area contributed by atoms with Gasteiger partial charge in [-0.25, -0.2) is 9.59 Å². The summed E-state index contributed by atoms with van der Waals surface area (Å²) >= 11 is 0. The second-order valence-electron chi connectivity index (χ2n) is 14.7. The van der Waals surface area contributed by atoms with E-state index < -0.39 is 12.2 Å². The molecule has 0 bridgehead atoms. The molecule has 2 unspecified atom stereocenters. The van der Waals surface area contributed by atoms with Crippen molar-refractivity contribution in [2.45, 2.75) is 125 Å². The summed E-state index contributed by atoms with van der Waals surface area (Å²) in [6.45, 7) is 24.0. The Morgan fingerprint density at radius 1 is 0.714 bits per heavy atom. The van der Waals surface area contributed by atoms with Gasteiger partial charge in [0.25, 0.3) is 0 Å². The Morgan fingerprint density at radius 2 is 1.12 bits per heavy atom. The molecule has 1 fully saturated rings. The lowest BCUT2D eigenvalue weighted by Gasteiger charge is -2.46. The molecule has 0 aliphatic heterocycles. The third kappa shape index (κ3) is 8.52. The summed E-state index contributed by atoms with van der Waals surface area (Å²) in [7, 11) is 0. The number of nitrogens with one attached hydrogen (secondary N) is 2. The zero-order valence-corrected chi connectivity index (χ0v) is 27.8. The lowest BCUT2D eigenvalue weighted by molar-refractivity contribution is 0.0700. The van der Waals surface area contributed by atoms with E-state index >= 15 is 0 Å². The molecule has 2 atom stereocenters. The first-order valence-corrected chi connectivity index (χ1v) is 15.7. The smallest absolute Gasteiger partial charge is 0.410 e. The van der Waals surface area contributed by atoms with E-state index in [0.29, 0.717) is 18.0 Å². The van der Waals surface area contributed by atoms with E-state index in [0.717, 1.165) is 41.5 Å². The lowest BCUT2D eigenvalue weighted by Crippen LogP contribution is -2.51. The average Bonchev–Trinajstić information content (AvgIpc) is 2.86. The van der Waals surface area contributed by atoms with Crippen LogP contribution in [0.15, 0.2) is 36.4 Å². The SMILES string of the molecule is CC(C)c1cccc(C(C)C)c1OC(=O)NCC1(C)CC(NC(=O)Oc2c(C(C)C)cccc2C(C)C)CC(C)(C)C1. The number of carbonyl (C=O) groups is 2. The van der Waals surface area contributed by atoms with E-state index in [1.54, 1.807) is 0 Å². The minimum atomic E-state index is -0.440. The van der Waals surface area contributed by atoms with Gasteiger partial charge in [-0.15, -0.1) is 0 Å². The van der Waals surface area contributed by atoms with Crippen molar-refractivity contribution in [1.82, 2.24) is 10.6 Å². The molecule has 1 saturated carbocycles. The van der Waals surface area contributed by atoms with E-state index in [1.807, 2.05) is 36.4 Å². The highest BCUT2D eigenvalue weighted by molar-refractivity contribution is 5.73. The first-order chi connectivity index (χ1) is 19.5. The van der Waals surface area contributed by atoms with Crippen LogP contribution in [0.25, 0.3) is 0 Å². The average molecular weight is 579 g/mol. The summed E-state index contributed by atoms with van der Waals surface area (Å²) in [5.74, 6) is 2.28. The molecule has 3 rings (SSSR count). The summed E-state index contributed by atoms with van der Waals surface area (Å²) in [4.78, 5) is 26.4. The zero-order valence-electron chi connectivity index (χ0n) is 27.8. The molecule has 42 heavy (non-hydrogen) atoms. The Kier molecular flexibility index (Phi) is 10.8. The van der Waals surface area contributed by atoms with Gasteiger partial charge in [-0.2, -0.15) is 0 Å². The van der Waals surface area contributed by atoms with Crippen LogP contribution in [-0.4, -0.2) is 24.8 Å². The normalized spacial score (nSPS) is 20.2. The van der Waals surface area contributed by atoms with Gasteiger partial charge in [0.2, 0.25) is 0 Å². The monoisotopic (exact) mass is 578 g/mol. The standard InChI is InChI=1S/C36H54N2O4/c1-22(2)27-14-12-15-28(23(3)4)31(27)41-33(39)37-21-36(11)19-26(18-35(9,10)20-36)38-34(40)42-32-29(24(5)6)16-13-17-30(32)25(7)8/h12-17,22-26H,18-21H2,1-11H3,(H,37,39)(H,38,40). The first-order valence-electron chi connectivity index (χ1n) is 15.7. The number of benzene rings is 2. The molecule has 1 aliphatic carbocycles. The lowest BCUT2D eigenvalue weighted by atomic mass is 9.62. The van der Waals surface area contributed by atoms with Crippen LogP contribution in [0.5, 0.6) is 11.5 Å². The fourth-order valence-electron chi connectivity index (χ4n) is 6.77.